The van der Waals surface area contributed by atoms with Crippen LogP contribution in [0.2, 0.25) is 0 Å². The molecule has 2 amide bonds. The third-order valence-electron chi connectivity index (χ3n) is 9.89. The maximum Gasteiger partial charge on any atom is 0.321 e. The molecule has 0 unspecified atom stereocenters. The molecule has 0 radical (unpaired) electrons. The van der Waals surface area contributed by atoms with Gasteiger partial charge in [0.05, 0.1) is 12.1 Å². The van der Waals surface area contributed by atoms with Gasteiger partial charge in [0.25, 0.3) is 0 Å². The fourth-order valence-electron chi connectivity index (χ4n) is 7.69. The number of nitrogens with zero attached hydrogens (tertiary/aromatic N) is 2. The van der Waals surface area contributed by atoms with Gasteiger partial charge in [0.15, 0.2) is 0 Å². The maximum absolute atomic E-state index is 15.2. The highest BCUT2D eigenvalue weighted by atomic mass is 31.1. The molecule has 1 saturated heterocycles. The topological polar surface area (TPSA) is 23.6 Å². The Balaban J connectivity index is 1.42. The lowest BCUT2D eigenvalue weighted by Gasteiger charge is -2.42. The fraction of sp³-hybridized carbons (Fsp3) is 0.178. The van der Waals surface area contributed by atoms with Crippen molar-refractivity contribution >= 4 is 43.1 Å². The standard InChI is InChI=1S/C45H44N2OP2/c1-35(49(39-25-13-5-14-26-39)40-27-15-6-16-28-40)43-44(36(2)50(41-29-17-7-18-30-41)42-31-19-8-20-32-42)47(34-38-23-11-4-12-24-38)45(48)46(43)33-37-21-9-3-10-22-37/h3-32,35-36,43-44H,33-34H2,1-2H3/t35-,36-,43+,44+/m0/s1. The Morgan fingerprint density at radius 3 is 0.920 bits per heavy atom. The Kier molecular flexibility index (Phi) is 10.8. The van der Waals surface area contributed by atoms with Crippen LogP contribution >= 0.6 is 15.8 Å². The van der Waals surface area contributed by atoms with E-state index in [1.54, 1.807) is 0 Å². The Bertz CT molecular complexity index is 1710. The smallest absolute Gasteiger partial charge is 0.315 e. The molecule has 7 rings (SSSR count). The van der Waals surface area contributed by atoms with Crippen LogP contribution in [0, 0.1) is 0 Å². The maximum atomic E-state index is 15.2. The van der Waals surface area contributed by atoms with Gasteiger partial charge in [0.2, 0.25) is 0 Å². The van der Waals surface area contributed by atoms with E-state index < -0.39 is 15.8 Å². The first-order valence-electron chi connectivity index (χ1n) is 17.5. The molecule has 250 valence electrons. The number of rotatable bonds is 12. The van der Waals surface area contributed by atoms with Crippen LogP contribution < -0.4 is 21.2 Å². The molecule has 5 heteroatoms. The van der Waals surface area contributed by atoms with Crippen molar-refractivity contribution in [1.82, 2.24) is 9.80 Å². The zero-order valence-corrected chi connectivity index (χ0v) is 30.5. The van der Waals surface area contributed by atoms with Crippen molar-refractivity contribution in [2.24, 2.45) is 0 Å². The second-order valence-electron chi connectivity index (χ2n) is 13.1. The highest BCUT2D eigenvalue weighted by Crippen LogP contribution is 2.51. The fourth-order valence-corrected chi connectivity index (χ4v) is 13.4. The van der Waals surface area contributed by atoms with E-state index in [0.717, 1.165) is 11.1 Å². The van der Waals surface area contributed by atoms with Crippen LogP contribution in [0.4, 0.5) is 4.79 Å². The molecule has 0 bridgehead atoms. The highest BCUT2D eigenvalue weighted by Gasteiger charge is 2.53. The zero-order valence-electron chi connectivity index (χ0n) is 28.7. The molecule has 4 atom stereocenters. The first-order valence-corrected chi connectivity index (χ1v) is 20.4. The summed E-state index contributed by atoms with van der Waals surface area (Å²) < 4.78 is 0. The summed E-state index contributed by atoms with van der Waals surface area (Å²) in [6.45, 7) is 5.98. The van der Waals surface area contributed by atoms with Gasteiger partial charge in [-0.15, -0.1) is 0 Å². The molecule has 3 nitrogen and oxygen atoms in total. The van der Waals surface area contributed by atoms with E-state index in [0.29, 0.717) is 13.1 Å². The molecule has 6 aromatic carbocycles. The van der Waals surface area contributed by atoms with Crippen LogP contribution in [-0.4, -0.2) is 39.2 Å². The average Bonchev–Trinajstić information content (AvgIpc) is 3.44. The molecule has 0 spiro atoms. The molecule has 1 aliphatic heterocycles. The van der Waals surface area contributed by atoms with Gasteiger partial charge in [-0.3, -0.25) is 0 Å². The summed E-state index contributed by atoms with van der Waals surface area (Å²) in [5.41, 5.74) is 2.64. The molecular formula is C45H44N2OP2. The second-order valence-corrected chi connectivity index (χ2v) is 18.2. The van der Waals surface area contributed by atoms with Gasteiger partial charge in [0.1, 0.15) is 0 Å². The number of hydrogen-bond acceptors (Lipinski definition) is 1. The predicted molar refractivity (Wildman–Crippen MR) is 214 cm³/mol. The first kappa shape index (κ1) is 33.9. The Labute approximate surface area is 300 Å². The summed E-state index contributed by atoms with van der Waals surface area (Å²) in [5, 5.41) is 5.37. The third kappa shape index (κ3) is 7.32. The Morgan fingerprint density at radius 1 is 0.420 bits per heavy atom. The van der Waals surface area contributed by atoms with Gasteiger partial charge in [-0.2, -0.15) is 0 Å². The van der Waals surface area contributed by atoms with Crippen molar-refractivity contribution < 1.29 is 4.79 Å². The minimum Gasteiger partial charge on any atom is -0.315 e. The number of carbonyl (C=O) groups excluding carboxylic acids is 1. The number of benzene rings is 6. The van der Waals surface area contributed by atoms with Crippen molar-refractivity contribution in [2.75, 3.05) is 0 Å². The van der Waals surface area contributed by atoms with E-state index in [9.17, 15) is 0 Å². The lowest BCUT2D eigenvalue weighted by molar-refractivity contribution is 0.180. The summed E-state index contributed by atoms with van der Waals surface area (Å²) in [6, 6.07) is 65.1. The Hall–Kier alpha value is -4.55. The summed E-state index contributed by atoms with van der Waals surface area (Å²) >= 11 is 0. The molecule has 1 fully saturated rings. The summed E-state index contributed by atoms with van der Waals surface area (Å²) in [7, 11) is -1.63. The van der Waals surface area contributed by atoms with E-state index in [4.69, 9.17) is 0 Å². The van der Waals surface area contributed by atoms with E-state index >= 15 is 4.79 Å². The third-order valence-corrected chi connectivity index (χ3v) is 15.6. The van der Waals surface area contributed by atoms with Gasteiger partial charge in [-0.25, -0.2) is 4.79 Å². The van der Waals surface area contributed by atoms with E-state index in [2.05, 4.69) is 206 Å². The number of urea groups is 1. The quantitative estimate of drug-likeness (QED) is 0.118. The Morgan fingerprint density at radius 2 is 0.660 bits per heavy atom. The van der Waals surface area contributed by atoms with Gasteiger partial charge in [0, 0.05) is 24.4 Å². The SMILES string of the molecule is C[C@@H]([C@@H]1[C@@H]([C@H](C)P(c2ccccc2)c2ccccc2)N(Cc2ccccc2)C(=O)N1Cc1ccccc1)P(c1ccccc1)c1ccccc1. The van der Waals surface area contributed by atoms with Crippen molar-refractivity contribution in [3.05, 3.63) is 193 Å². The minimum absolute atomic E-state index is 0.0367. The lowest BCUT2D eigenvalue weighted by atomic mass is 10.0. The van der Waals surface area contributed by atoms with Crippen molar-refractivity contribution in [3.8, 4) is 0 Å². The van der Waals surface area contributed by atoms with Crippen LogP contribution in [0.25, 0.3) is 0 Å². The molecule has 50 heavy (non-hydrogen) atoms. The van der Waals surface area contributed by atoms with E-state index in [1.807, 2.05) is 0 Å². The van der Waals surface area contributed by atoms with E-state index in [1.165, 1.54) is 21.2 Å². The number of amides is 2. The minimum atomic E-state index is -0.814. The van der Waals surface area contributed by atoms with Crippen molar-refractivity contribution in [2.45, 2.75) is 50.3 Å². The van der Waals surface area contributed by atoms with Crippen molar-refractivity contribution in [1.29, 1.82) is 0 Å². The van der Waals surface area contributed by atoms with Crippen LogP contribution in [0.5, 0.6) is 0 Å². The highest BCUT2D eigenvalue weighted by molar-refractivity contribution is 7.74. The van der Waals surface area contributed by atoms with Crippen LogP contribution in [0.15, 0.2) is 182 Å². The van der Waals surface area contributed by atoms with Crippen LogP contribution in [0.1, 0.15) is 25.0 Å². The normalized spacial score (nSPS) is 17.3. The molecular weight excluding hydrogens is 646 g/mol. The largest absolute Gasteiger partial charge is 0.321 e. The summed E-state index contributed by atoms with van der Waals surface area (Å²) in [6.07, 6.45) is 0. The molecule has 6 aromatic rings. The van der Waals surface area contributed by atoms with Gasteiger partial charge in [-0.1, -0.05) is 196 Å². The summed E-state index contributed by atoms with van der Waals surface area (Å²) in [4.78, 5) is 19.7. The second kappa shape index (κ2) is 16.0. The zero-order chi connectivity index (χ0) is 34.3. The molecule has 1 aliphatic rings. The van der Waals surface area contributed by atoms with Crippen LogP contribution in [0.3, 0.4) is 0 Å². The van der Waals surface area contributed by atoms with E-state index in [-0.39, 0.29) is 29.4 Å². The predicted octanol–water partition coefficient (Wildman–Crippen LogP) is 8.90. The number of carbonyl (C=O) groups is 1. The monoisotopic (exact) mass is 690 g/mol. The van der Waals surface area contributed by atoms with Gasteiger partial charge in [-0.05, 0) is 48.2 Å². The molecule has 0 aromatic heterocycles. The average molecular weight is 691 g/mol. The molecule has 0 N–H and O–H groups in total. The lowest BCUT2D eigenvalue weighted by Crippen LogP contribution is -2.51. The number of hydrogen-bond donors (Lipinski definition) is 0. The molecule has 1 heterocycles. The molecule has 0 aliphatic carbocycles. The van der Waals surface area contributed by atoms with Gasteiger partial charge >= 0.3 is 6.03 Å². The van der Waals surface area contributed by atoms with Gasteiger partial charge < -0.3 is 9.80 Å². The first-order chi connectivity index (χ1) is 24.6. The van der Waals surface area contributed by atoms with Crippen LogP contribution in [-0.2, 0) is 13.1 Å². The summed E-state index contributed by atoms with van der Waals surface area (Å²) in [5.74, 6) is 0. The molecule has 0 saturated carbocycles. The van der Waals surface area contributed by atoms with Crippen molar-refractivity contribution in [3.63, 3.8) is 0 Å².